The Morgan fingerprint density at radius 3 is 2.71 bits per heavy atom. The Labute approximate surface area is 188 Å². The van der Waals surface area contributed by atoms with E-state index in [1.54, 1.807) is 7.11 Å². The van der Waals surface area contributed by atoms with Gasteiger partial charge in [-0.15, -0.1) is 0 Å². The predicted octanol–water partition coefficient (Wildman–Crippen LogP) is 4.73. The lowest BCUT2D eigenvalue weighted by Crippen LogP contribution is -2.37. The van der Waals surface area contributed by atoms with Crippen LogP contribution in [-0.4, -0.2) is 42.2 Å². The molecule has 0 atom stereocenters. The highest BCUT2D eigenvalue weighted by Gasteiger charge is 2.27. The third kappa shape index (κ3) is 4.36. The predicted molar refractivity (Wildman–Crippen MR) is 126 cm³/mol. The van der Waals surface area contributed by atoms with Crippen LogP contribution in [0.3, 0.4) is 0 Å². The molecule has 0 bridgehead atoms. The minimum absolute atomic E-state index is 0.115. The first-order chi connectivity index (χ1) is 15.0. The summed E-state index contributed by atoms with van der Waals surface area (Å²) in [5.74, 6) is 0.542. The summed E-state index contributed by atoms with van der Waals surface area (Å²) in [7, 11) is 1.70. The first-order valence-corrected chi connectivity index (χ1v) is 11.3. The molecule has 6 heteroatoms. The fraction of sp³-hybridized carbons (Fsp3) is 0.400. The minimum Gasteiger partial charge on any atom is -0.383 e. The second-order valence-electron chi connectivity index (χ2n) is 8.32. The monoisotopic (exact) mass is 439 g/mol. The minimum atomic E-state index is 0.115. The van der Waals surface area contributed by atoms with E-state index in [0.29, 0.717) is 19.1 Å². The maximum absolute atomic E-state index is 13.4. The summed E-state index contributed by atoms with van der Waals surface area (Å²) in [5, 5.41) is 1.74. The fourth-order valence-electron chi connectivity index (χ4n) is 4.68. The van der Waals surface area contributed by atoms with Crippen LogP contribution in [0.15, 0.2) is 42.6 Å². The van der Waals surface area contributed by atoms with Crippen LogP contribution in [0.4, 0.5) is 0 Å². The molecule has 31 heavy (non-hydrogen) atoms. The van der Waals surface area contributed by atoms with Crippen molar-refractivity contribution in [3.8, 4) is 0 Å². The third-order valence-corrected chi connectivity index (χ3v) is 6.78. The summed E-state index contributed by atoms with van der Waals surface area (Å²) < 4.78 is 7.42. The van der Waals surface area contributed by atoms with Crippen LogP contribution in [0.25, 0.3) is 10.9 Å². The number of fused-ring (bicyclic) bond motifs is 1. The molecule has 1 amide bonds. The van der Waals surface area contributed by atoms with E-state index >= 15 is 0 Å². The zero-order chi connectivity index (χ0) is 22.0. The van der Waals surface area contributed by atoms with E-state index in [0.717, 1.165) is 59.5 Å². The molecule has 4 rings (SSSR count). The van der Waals surface area contributed by atoms with Crippen molar-refractivity contribution in [3.63, 3.8) is 0 Å². The summed E-state index contributed by atoms with van der Waals surface area (Å²) in [6.07, 6.45) is 3.88. The largest absolute Gasteiger partial charge is 0.383 e. The molecule has 5 nitrogen and oxygen atoms in total. The quantitative estimate of drug-likeness (QED) is 0.604. The van der Waals surface area contributed by atoms with E-state index in [4.69, 9.17) is 22.1 Å². The van der Waals surface area contributed by atoms with Gasteiger partial charge in [0.2, 0.25) is 0 Å². The molecule has 0 unspecified atom stereocenters. The van der Waals surface area contributed by atoms with E-state index in [1.165, 1.54) is 11.1 Å². The van der Waals surface area contributed by atoms with Crippen LogP contribution < -0.4 is 5.73 Å². The number of aryl methyl sites for hydroxylation is 1. The van der Waals surface area contributed by atoms with Gasteiger partial charge in [-0.25, -0.2) is 0 Å². The standard InChI is InChI=1S/C25H30ClN3O2/c1-17-4-3-5-21-22(16-29(24(17)21)12-13-31-2)25(30)28-10-8-18(9-11-28)19-6-7-23(26)20(14-19)15-27/h3-7,14,16,18H,8-13,15,27H2,1-2H3. The van der Waals surface area contributed by atoms with E-state index in [1.807, 2.05) is 29.3 Å². The van der Waals surface area contributed by atoms with E-state index in [-0.39, 0.29) is 5.91 Å². The SMILES string of the molecule is COCCn1cc(C(=O)N2CCC(c3ccc(Cl)c(CN)c3)CC2)c2cccc(C)c21. The molecule has 1 aliphatic heterocycles. The molecule has 2 heterocycles. The van der Waals surface area contributed by atoms with Crippen molar-refractivity contribution < 1.29 is 9.53 Å². The molecule has 1 aliphatic rings. The Balaban J connectivity index is 1.53. The van der Waals surface area contributed by atoms with E-state index < -0.39 is 0 Å². The maximum atomic E-state index is 13.4. The van der Waals surface area contributed by atoms with Gasteiger partial charge in [-0.3, -0.25) is 4.79 Å². The van der Waals surface area contributed by atoms with Crippen LogP contribution in [0.2, 0.25) is 5.02 Å². The van der Waals surface area contributed by atoms with E-state index in [9.17, 15) is 4.79 Å². The van der Waals surface area contributed by atoms with Crippen molar-refractivity contribution in [1.82, 2.24) is 9.47 Å². The Kier molecular flexibility index (Phi) is 6.65. The highest BCUT2D eigenvalue weighted by molar-refractivity contribution is 6.31. The fourth-order valence-corrected chi connectivity index (χ4v) is 4.87. The average Bonchev–Trinajstić information content (AvgIpc) is 3.17. The molecule has 2 aromatic carbocycles. The van der Waals surface area contributed by atoms with Crippen LogP contribution >= 0.6 is 11.6 Å². The molecule has 0 saturated carbocycles. The number of carbonyl (C=O) groups excluding carboxylic acids is 1. The zero-order valence-corrected chi connectivity index (χ0v) is 19.0. The van der Waals surface area contributed by atoms with Crippen LogP contribution in [0, 0.1) is 6.92 Å². The van der Waals surface area contributed by atoms with Gasteiger partial charge < -0.3 is 19.9 Å². The summed E-state index contributed by atoms with van der Waals surface area (Å²) in [6.45, 7) is 5.38. The highest BCUT2D eigenvalue weighted by atomic mass is 35.5. The average molecular weight is 440 g/mol. The number of amides is 1. The van der Waals surface area contributed by atoms with Crippen LogP contribution in [0.1, 0.15) is 45.8 Å². The lowest BCUT2D eigenvalue weighted by Gasteiger charge is -2.32. The Morgan fingerprint density at radius 2 is 2.00 bits per heavy atom. The number of halogens is 1. The number of nitrogens with zero attached hydrogens (tertiary/aromatic N) is 2. The van der Waals surface area contributed by atoms with Gasteiger partial charge >= 0.3 is 0 Å². The van der Waals surface area contributed by atoms with Crippen LogP contribution in [-0.2, 0) is 17.8 Å². The van der Waals surface area contributed by atoms with Crippen LogP contribution in [0.5, 0.6) is 0 Å². The third-order valence-electron chi connectivity index (χ3n) is 6.41. The number of aromatic nitrogens is 1. The molecule has 1 fully saturated rings. The Morgan fingerprint density at radius 1 is 1.23 bits per heavy atom. The van der Waals surface area contributed by atoms with Crippen molar-refractivity contribution >= 4 is 28.4 Å². The number of ether oxygens (including phenoxy) is 1. The number of likely N-dealkylation sites (tertiary alicyclic amines) is 1. The van der Waals surface area contributed by atoms with Gasteiger partial charge in [-0.05, 0) is 48.4 Å². The molecule has 1 saturated heterocycles. The molecule has 0 aliphatic carbocycles. The van der Waals surface area contributed by atoms with Crippen molar-refractivity contribution in [2.75, 3.05) is 26.8 Å². The topological polar surface area (TPSA) is 60.5 Å². The maximum Gasteiger partial charge on any atom is 0.256 e. The van der Waals surface area contributed by atoms with Crippen molar-refractivity contribution in [2.45, 2.75) is 38.8 Å². The van der Waals surface area contributed by atoms with Crippen molar-refractivity contribution in [3.05, 3.63) is 69.9 Å². The first-order valence-electron chi connectivity index (χ1n) is 10.9. The van der Waals surface area contributed by atoms with Crippen molar-refractivity contribution in [1.29, 1.82) is 0 Å². The number of methoxy groups -OCH3 is 1. The van der Waals surface area contributed by atoms with Gasteiger partial charge in [-0.2, -0.15) is 0 Å². The molecule has 0 radical (unpaired) electrons. The second kappa shape index (κ2) is 9.43. The molecule has 2 N–H and O–H groups in total. The lowest BCUT2D eigenvalue weighted by atomic mass is 9.88. The highest BCUT2D eigenvalue weighted by Crippen LogP contribution is 2.32. The number of nitrogens with two attached hydrogens (primary N) is 1. The van der Waals surface area contributed by atoms with Gasteiger partial charge in [-0.1, -0.05) is 41.9 Å². The molecule has 0 spiro atoms. The smallest absolute Gasteiger partial charge is 0.256 e. The van der Waals surface area contributed by atoms with Gasteiger partial charge in [0.05, 0.1) is 17.7 Å². The number of para-hydroxylation sites is 1. The molecule has 164 valence electrons. The zero-order valence-electron chi connectivity index (χ0n) is 18.2. The number of benzene rings is 2. The van der Waals surface area contributed by atoms with Gasteiger partial charge in [0.15, 0.2) is 0 Å². The summed E-state index contributed by atoms with van der Waals surface area (Å²) >= 11 is 6.22. The van der Waals surface area contributed by atoms with Crippen molar-refractivity contribution in [2.24, 2.45) is 5.73 Å². The van der Waals surface area contributed by atoms with E-state index in [2.05, 4.69) is 29.7 Å². The molecule has 1 aromatic heterocycles. The van der Waals surface area contributed by atoms with Gasteiger partial charge in [0.1, 0.15) is 0 Å². The van der Waals surface area contributed by atoms with Gasteiger partial charge in [0, 0.05) is 49.9 Å². The summed E-state index contributed by atoms with van der Waals surface area (Å²) in [5.41, 5.74) is 11.1. The normalized spacial score (nSPS) is 15.0. The lowest BCUT2D eigenvalue weighted by molar-refractivity contribution is 0.0714. The summed E-state index contributed by atoms with van der Waals surface area (Å²) in [4.78, 5) is 15.4. The molecular formula is C25H30ClN3O2. The number of rotatable bonds is 6. The number of hydrogen-bond donors (Lipinski definition) is 1. The molecular weight excluding hydrogens is 410 g/mol. The second-order valence-corrected chi connectivity index (χ2v) is 8.73. The number of hydrogen-bond acceptors (Lipinski definition) is 3. The number of carbonyl (C=O) groups is 1. The summed E-state index contributed by atoms with van der Waals surface area (Å²) in [6, 6.07) is 12.3. The first kappa shape index (κ1) is 21.9. The Hall–Kier alpha value is -2.34. The number of piperidine rings is 1. The Bertz CT molecular complexity index is 1080. The molecule has 3 aromatic rings. The van der Waals surface area contributed by atoms with Gasteiger partial charge in [0.25, 0.3) is 5.91 Å².